The Morgan fingerprint density at radius 3 is 2.57 bits per heavy atom. The first-order chi connectivity index (χ1) is 6.72. The summed E-state index contributed by atoms with van der Waals surface area (Å²) >= 11 is 6.13. The van der Waals surface area contributed by atoms with Crippen LogP contribution in [0.3, 0.4) is 0 Å². The maximum atomic E-state index is 11.8. The van der Waals surface area contributed by atoms with Gasteiger partial charge in [-0.15, -0.1) is 0 Å². The minimum atomic E-state index is -0.191. The average Bonchev–Trinajstić information content (AvgIpc) is 2.57. The predicted molar refractivity (Wildman–Crippen MR) is 55.5 cm³/mol. The summed E-state index contributed by atoms with van der Waals surface area (Å²) in [7, 11) is 0. The van der Waals surface area contributed by atoms with Gasteiger partial charge in [0.15, 0.2) is 0 Å². The molecule has 0 amide bonds. The van der Waals surface area contributed by atoms with E-state index in [-0.39, 0.29) is 5.41 Å². The molecule has 14 heavy (non-hydrogen) atoms. The summed E-state index contributed by atoms with van der Waals surface area (Å²) in [6.45, 7) is 0. The van der Waals surface area contributed by atoms with Crippen molar-refractivity contribution in [3.05, 3.63) is 34.9 Å². The molecular weight excluding hydrogens is 196 g/mol. The highest BCUT2D eigenvalue weighted by atomic mass is 35.5. The Balaban J connectivity index is 2.12. The standard InChI is InChI=1S/C12H11ClO/c13-10-4-2-1-3-9(10)12-6-8(7-12)5-11(12)14/h1-4,8H,5-7H2. The van der Waals surface area contributed by atoms with E-state index in [9.17, 15) is 4.79 Å². The van der Waals surface area contributed by atoms with Gasteiger partial charge in [-0.1, -0.05) is 29.8 Å². The molecule has 0 unspecified atom stereocenters. The summed E-state index contributed by atoms with van der Waals surface area (Å²) in [5, 5.41) is 0.751. The fourth-order valence-electron chi connectivity index (χ4n) is 2.97. The van der Waals surface area contributed by atoms with Gasteiger partial charge in [-0.3, -0.25) is 4.79 Å². The van der Waals surface area contributed by atoms with Crippen LogP contribution in [0, 0.1) is 5.92 Å². The van der Waals surface area contributed by atoms with Crippen LogP contribution in [0.4, 0.5) is 0 Å². The molecule has 2 heteroatoms. The molecule has 1 aromatic rings. The minimum Gasteiger partial charge on any atom is -0.299 e. The summed E-state index contributed by atoms with van der Waals surface area (Å²) in [6, 6.07) is 7.76. The van der Waals surface area contributed by atoms with E-state index in [1.807, 2.05) is 24.3 Å². The van der Waals surface area contributed by atoms with Gasteiger partial charge in [-0.05, 0) is 30.4 Å². The zero-order valence-corrected chi connectivity index (χ0v) is 8.55. The third-order valence-electron chi connectivity index (χ3n) is 3.67. The molecule has 2 bridgehead atoms. The highest BCUT2D eigenvalue weighted by Gasteiger charge is 2.58. The van der Waals surface area contributed by atoms with Crippen molar-refractivity contribution in [2.24, 2.45) is 5.92 Å². The Hall–Kier alpha value is -0.820. The summed E-state index contributed by atoms with van der Waals surface area (Å²) in [5.41, 5.74) is 0.864. The normalized spacial score (nSPS) is 34.4. The molecule has 72 valence electrons. The van der Waals surface area contributed by atoms with Crippen molar-refractivity contribution in [2.75, 3.05) is 0 Å². The zero-order valence-electron chi connectivity index (χ0n) is 7.79. The van der Waals surface area contributed by atoms with Gasteiger partial charge in [-0.2, -0.15) is 0 Å². The second-order valence-corrected chi connectivity index (χ2v) is 4.87. The molecule has 0 atom stereocenters. The van der Waals surface area contributed by atoms with Gasteiger partial charge in [-0.25, -0.2) is 0 Å². The number of Topliss-reactive ketones (excluding diaryl/α,β-unsaturated/α-hetero) is 1. The van der Waals surface area contributed by atoms with Gasteiger partial charge in [0, 0.05) is 11.4 Å². The third-order valence-corrected chi connectivity index (χ3v) is 4.00. The number of ketones is 1. The topological polar surface area (TPSA) is 17.1 Å². The van der Waals surface area contributed by atoms with E-state index in [2.05, 4.69) is 0 Å². The number of carbonyl (C=O) groups excluding carboxylic acids is 1. The SMILES string of the molecule is O=C1CC2CC1(c1ccccc1Cl)C2. The molecule has 0 aromatic heterocycles. The van der Waals surface area contributed by atoms with Crippen LogP contribution < -0.4 is 0 Å². The maximum Gasteiger partial charge on any atom is 0.143 e. The van der Waals surface area contributed by atoms with E-state index in [0.29, 0.717) is 11.7 Å². The number of hydrogen-bond donors (Lipinski definition) is 0. The molecule has 0 aliphatic heterocycles. The van der Waals surface area contributed by atoms with Gasteiger partial charge in [0.2, 0.25) is 0 Å². The summed E-state index contributed by atoms with van der Waals surface area (Å²) in [6.07, 6.45) is 2.82. The first kappa shape index (κ1) is 8.49. The van der Waals surface area contributed by atoms with Crippen molar-refractivity contribution in [2.45, 2.75) is 24.7 Å². The molecule has 0 N–H and O–H groups in total. The number of carbonyl (C=O) groups is 1. The molecule has 0 saturated heterocycles. The summed E-state index contributed by atoms with van der Waals surface area (Å²) in [4.78, 5) is 11.8. The zero-order chi connectivity index (χ0) is 9.76. The average molecular weight is 207 g/mol. The molecule has 3 aliphatic carbocycles. The van der Waals surface area contributed by atoms with Crippen LogP contribution in [0.2, 0.25) is 5.02 Å². The van der Waals surface area contributed by atoms with Crippen molar-refractivity contribution in [1.82, 2.24) is 0 Å². The van der Waals surface area contributed by atoms with E-state index in [4.69, 9.17) is 11.6 Å². The van der Waals surface area contributed by atoms with Crippen LogP contribution in [0.15, 0.2) is 24.3 Å². The molecule has 4 rings (SSSR count). The monoisotopic (exact) mass is 206 g/mol. The van der Waals surface area contributed by atoms with E-state index >= 15 is 0 Å². The van der Waals surface area contributed by atoms with Crippen LogP contribution in [0.25, 0.3) is 0 Å². The fourth-order valence-corrected chi connectivity index (χ4v) is 3.29. The highest BCUT2D eigenvalue weighted by Crippen LogP contribution is 2.58. The second-order valence-electron chi connectivity index (χ2n) is 4.46. The Morgan fingerprint density at radius 1 is 1.29 bits per heavy atom. The molecule has 0 spiro atoms. The van der Waals surface area contributed by atoms with Crippen molar-refractivity contribution < 1.29 is 4.79 Å². The lowest BCUT2D eigenvalue weighted by molar-refractivity contribution is -0.121. The molecular formula is C12H11ClO. The van der Waals surface area contributed by atoms with Crippen molar-refractivity contribution in [3.8, 4) is 0 Å². The van der Waals surface area contributed by atoms with E-state index in [1.165, 1.54) is 0 Å². The number of hydrogen-bond acceptors (Lipinski definition) is 1. The van der Waals surface area contributed by atoms with Crippen LogP contribution in [-0.2, 0) is 10.2 Å². The van der Waals surface area contributed by atoms with Crippen LogP contribution in [-0.4, -0.2) is 5.78 Å². The lowest BCUT2D eigenvalue weighted by Gasteiger charge is -2.37. The van der Waals surface area contributed by atoms with E-state index in [0.717, 1.165) is 29.8 Å². The summed E-state index contributed by atoms with van der Waals surface area (Å²) in [5.74, 6) is 1.04. The van der Waals surface area contributed by atoms with Gasteiger partial charge in [0.05, 0.1) is 5.41 Å². The number of halogens is 1. The van der Waals surface area contributed by atoms with Gasteiger partial charge in [0.1, 0.15) is 5.78 Å². The quantitative estimate of drug-likeness (QED) is 0.691. The van der Waals surface area contributed by atoms with Gasteiger partial charge < -0.3 is 0 Å². The molecule has 1 aromatic carbocycles. The predicted octanol–water partition coefficient (Wildman–Crippen LogP) is 2.96. The Kier molecular flexibility index (Phi) is 1.58. The van der Waals surface area contributed by atoms with Gasteiger partial charge in [0.25, 0.3) is 0 Å². The lowest BCUT2D eigenvalue weighted by Crippen LogP contribution is -2.37. The van der Waals surface area contributed by atoms with Crippen LogP contribution >= 0.6 is 11.6 Å². The second kappa shape index (κ2) is 2.60. The number of fused-ring (bicyclic) bond motifs is 1. The summed E-state index contributed by atoms with van der Waals surface area (Å²) < 4.78 is 0. The molecule has 3 fully saturated rings. The van der Waals surface area contributed by atoms with Crippen LogP contribution in [0.5, 0.6) is 0 Å². The smallest absolute Gasteiger partial charge is 0.143 e. The maximum absolute atomic E-state index is 11.8. The van der Waals surface area contributed by atoms with E-state index in [1.54, 1.807) is 0 Å². The lowest BCUT2D eigenvalue weighted by atomic mass is 9.65. The molecule has 0 heterocycles. The molecule has 3 aliphatic rings. The van der Waals surface area contributed by atoms with Crippen molar-refractivity contribution in [1.29, 1.82) is 0 Å². The van der Waals surface area contributed by atoms with Crippen molar-refractivity contribution in [3.63, 3.8) is 0 Å². The molecule has 1 nitrogen and oxygen atoms in total. The Labute approximate surface area is 88.1 Å². The van der Waals surface area contributed by atoms with Crippen molar-refractivity contribution >= 4 is 17.4 Å². The largest absolute Gasteiger partial charge is 0.299 e. The number of rotatable bonds is 1. The first-order valence-corrected chi connectivity index (χ1v) is 5.38. The first-order valence-electron chi connectivity index (χ1n) is 5.01. The number of benzene rings is 1. The minimum absolute atomic E-state index is 0.191. The third kappa shape index (κ3) is 0.885. The molecule has 3 saturated carbocycles. The Bertz CT molecular complexity index is 405. The fraction of sp³-hybridized carbons (Fsp3) is 0.417. The Morgan fingerprint density at radius 2 is 2.00 bits per heavy atom. The molecule has 0 radical (unpaired) electrons. The van der Waals surface area contributed by atoms with Gasteiger partial charge >= 0.3 is 0 Å². The van der Waals surface area contributed by atoms with E-state index < -0.39 is 0 Å². The highest BCUT2D eigenvalue weighted by molar-refractivity contribution is 6.31. The van der Waals surface area contributed by atoms with Crippen LogP contribution in [0.1, 0.15) is 24.8 Å².